The molecule has 0 fully saturated rings. The number of aromatic nitrogens is 2. The van der Waals surface area contributed by atoms with Gasteiger partial charge in [0.15, 0.2) is 0 Å². The van der Waals surface area contributed by atoms with E-state index in [0.717, 1.165) is 12.0 Å². The van der Waals surface area contributed by atoms with E-state index < -0.39 is 11.2 Å². The lowest BCUT2D eigenvalue weighted by Gasteiger charge is -2.13. The predicted molar refractivity (Wildman–Crippen MR) is 84.8 cm³/mol. The normalized spacial score (nSPS) is 10.6. The number of H-pyrrole nitrogens is 1. The second kappa shape index (κ2) is 6.49. The molecule has 0 saturated heterocycles. The van der Waals surface area contributed by atoms with Gasteiger partial charge in [-0.25, -0.2) is 4.79 Å². The Morgan fingerprint density at radius 3 is 2.57 bits per heavy atom. The molecule has 0 aliphatic carbocycles. The molecule has 0 saturated carbocycles. The third-order valence-corrected chi connectivity index (χ3v) is 3.32. The first kappa shape index (κ1) is 15.2. The van der Waals surface area contributed by atoms with Crippen LogP contribution in [0.3, 0.4) is 0 Å². The number of nitrogen functional groups attached to an aromatic ring is 1. The van der Waals surface area contributed by atoms with Crippen molar-refractivity contribution >= 4 is 23.1 Å². The number of anilines is 2. The standard InChI is InChI=1S/C14H17ClN4O2/c1-2-7-19-12(16)11(13(20)18-14(19)21)17-8-9-3-5-10(15)6-4-9/h3-6,17H,2,7-8,16H2,1H3,(H,18,20,21). The Bertz CT molecular complexity index is 734. The van der Waals surface area contributed by atoms with Crippen LogP contribution in [0, 0.1) is 0 Å². The molecule has 0 bridgehead atoms. The fraction of sp³-hybridized carbons (Fsp3) is 0.286. The number of aromatic amines is 1. The van der Waals surface area contributed by atoms with Crippen molar-refractivity contribution in [2.45, 2.75) is 26.4 Å². The number of halogens is 1. The quantitative estimate of drug-likeness (QED) is 0.785. The fourth-order valence-corrected chi connectivity index (χ4v) is 2.12. The average molecular weight is 309 g/mol. The van der Waals surface area contributed by atoms with Gasteiger partial charge in [-0.2, -0.15) is 0 Å². The summed E-state index contributed by atoms with van der Waals surface area (Å²) in [5, 5.41) is 3.62. The molecule has 0 aliphatic heterocycles. The highest BCUT2D eigenvalue weighted by molar-refractivity contribution is 6.30. The van der Waals surface area contributed by atoms with E-state index in [-0.39, 0.29) is 11.5 Å². The minimum Gasteiger partial charge on any atom is -0.383 e. The van der Waals surface area contributed by atoms with Gasteiger partial charge in [0.05, 0.1) is 0 Å². The molecule has 2 rings (SSSR count). The van der Waals surface area contributed by atoms with Crippen LogP contribution in [0.4, 0.5) is 11.5 Å². The molecule has 4 N–H and O–H groups in total. The zero-order valence-corrected chi connectivity index (χ0v) is 12.4. The van der Waals surface area contributed by atoms with Gasteiger partial charge in [-0.05, 0) is 24.1 Å². The third-order valence-electron chi connectivity index (χ3n) is 3.07. The number of nitrogens with zero attached hydrogens (tertiary/aromatic N) is 1. The van der Waals surface area contributed by atoms with Gasteiger partial charge in [-0.1, -0.05) is 30.7 Å². The van der Waals surface area contributed by atoms with E-state index in [0.29, 0.717) is 18.1 Å². The number of nitrogens with one attached hydrogen (secondary N) is 2. The molecule has 0 atom stereocenters. The van der Waals surface area contributed by atoms with Crippen molar-refractivity contribution in [2.75, 3.05) is 11.1 Å². The molecule has 112 valence electrons. The topological polar surface area (TPSA) is 92.9 Å². The maximum Gasteiger partial charge on any atom is 0.330 e. The lowest BCUT2D eigenvalue weighted by molar-refractivity contribution is 0.642. The molecule has 0 unspecified atom stereocenters. The Morgan fingerprint density at radius 2 is 1.95 bits per heavy atom. The summed E-state index contributed by atoms with van der Waals surface area (Å²) < 4.78 is 1.35. The molecule has 0 amide bonds. The summed E-state index contributed by atoms with van der Waals surface area (Å²) in [6, 6.07) is 7.23. The first-order valence-corrected chi connectivity index (χ1v) is 7.01. The van der Waals surface area contributed by atoms with Gasteiger partial charge >= 0.3 is 5.69 Å². The maximum atomic E-state index is 11.9. The van der Waals surface area contributed by atoms with Gasteiger partial charge < -0.3 is 11.1 Å². The van der Waals surface area contributed by atoms with Crippen LogP contribution in [0.1, 0.15) is 18.9 Å². The van der Waals surface area contributed by atoms with Gasteiger partial charge in [0.25, 0.3) is 5.56 Å². The molecule has 0 aliphatic rings. The van der Waals surface area contributed by atoms with Crippen molar-refractivity contribution in [3.63, 3.8) is 0 Å². The van der Waals surface area contributed by atoms with Gasteiger partial charge in [0, 0.05) is 18.1 Å². The number of benzene rings is 1. The average Bonchev–Trinajstić information content (AvgIpc) is 2.45. The second-order valence-electron chi connectivity index (χ2n) is 4.65. The molecule has 1 heterocycles. The largest absolute Gasteiger partial charge is 0.383 e. The number of hydrogen-bond acceptors (Lipinski definition) is 4. The lowest BCUT2D eigenvalue weighted by atomic mass is 10.2. The van der Waals surface area contributed by atoms with E-state index in [4.69, 9.17) is 17.3 Å². The SMILES string of the molecule is CCCn1c(N)c(NCc2ccc(Cl)cc2)c(=O)[nH]c1=O. The van der Waals surface area contributed by atoms with Gasteiger partial charge in [0.2, 0.25) is 0 Å². The van der Waals surface area contributed by atoms with Crippen LogP contribution in [0.25, 0.3) is 0 Å². The molecule has 0 radical (unpaired) electrons. The monoisotopic (exact) mass is 308 g/mol. The molecule has 1 aromatic heterocycles. The first-order chi connectivity index (χ1) is 10.0. The Kier molecular flexibility index (Phi) is 4.70. The van der Waals surface area contributed by atoms with Crippen molar-refractivity contribution in [3.8, 4) is 0 Å². The van der Waals surface area contributed by atoms with E-state index in [1.807, 2.05) is 19.1 Å². The smallest absolute Gasteiger partial charge is 0.330 e. The zero-order chi connectivity index (χ0) is 15.4. The molecule has 1 aromatic carbocycles. The lowest BCUT2D eigenvalue weighted by Crippen LogP contribution is -2.34. The summed E-state index contributed by atoms with van der Waals surface area (Å²) in [5.41, 5.74) is 6.07. The first-order valence-electron chi connectivity index (χ1n) is 6.63. The van der Waals surface area contributed by atoms with Crippen molar-refractivity contribution in [3.05, 3.63) is 55.7 Å². The summed E-state index contributed by atoms with van der Waals surface area (Å²) in [6.07, 6.45) is 0.743. The summed E-state index contributed by atoms with van der Waals surface area (Å²) in [4.78, 5) is 25.8. The minimum absolute atomic E-state index is 0.152. The molecule has 21 heavy (non-hydrogen) atoms. The summed E-state index contributed by atoms with van der Waals surface area (Å²) in [5.74, 6) is 0.152. The predicted octanol–water partition coefficient (Wildman–Crippen LogP) is 1.79. The van der Waals surface area contributed by atoms with Crippen LogP contribution in [0.2, 0.25) is 5.02 Å². The molecule has 0 spiro atoms. The van der Waals surface area contributed by atoms with Gasteiger partial charge in [-0.15, -0.1) is 0 Å². The third kappa shape index (κ3) is 3.46. The van der Waals surface area contributed by atoms with Crippen LogP contribution in [0.5, 0.6) is 0 Å². The summed E-state index contributed by atoms with van der Waals surface area (Å²) in [6.45, 7) is 2.80. The van der Waals surface area contributed by atoms with Crippen molar-refractivity contribution in [1.29, 1.82) is 0 Å². The highest BCUT2D eigenvalue weighted by Crippen LogP contribution is 2.14. The summed E-state index contributed by atoms with van der Waals surface area (Å²) in [7, 11) is 0. The highest BCUT2D eigenvalue weighted by atomic mass is 35.5. The number of rotatable bonds is 5. The van der Waals surface area contributed by atoms with Crippen molar-refractivity contribution in [1.82, 2.24) is 9.55 Å². The van der Waals surface area contributed by atoms with Crippen LogP contribution in [-0.4, -0.2) is 9.55 Å². The highest BCUT2D eigenvalue weighted by Gasteiger charge is 2.11. The van der Waals surface area contributed by atoms with Gasteiger partial charge in [0.1, 0.15) is 11.5 Å². The Morgan fingerprint density at radius 1 is 1.29 bits per heavy atom. The van der Waals surface area contributed by atoms with E-state index in [1.54, 1.807) is 12.1 Å². The van der Waals surface area contributed by atoms with Crippen LogP contribution in [0.15, 0.2) is 33.9 Å². The van der Waals surface area contributed by atoms with Crippen LogP contribution in [-0.2, 0) is 13.1 Å². The summed E-state index contributed by atoms with van der Waals surface area (Å²) >= 11 is 5.82. The van der Waals surface area contributed by atoms with E-state index in [2.05, 4.69) is 10.3 Å². The molecule has 2 aromatic rings. The van der Waals surface area contributed by atoms with Crippen LogP contribution >= 0.6 is 11.6 Å². The molecular weight excluding hydrogens is 292 g/mol. The second-order valence-corrected chi connectivity index (χ2v) is 5.09. The number of hydrogen-bond donors (Lipinski definition) is 3. The fourth-order valence-electron chi connectivity index (χ4n) is 2.00. The van der Waals surface area contributed by atoms with Crippen LogP contribution < -0.4 is 22.3 Å². The molecule has 7 heteroatoms. The van der Waals surface area contributed by atoms with Gasteiger partial charge in [-0.3, -0.25) is 14.3 Å². The molecular formula is C14H17ClN4O2. The minimum atomic E-state index is -0.515. The van der Waals surface area contributed by atoms with E-state index in [9.17, 15) is 9.59 Å². The van der Waals surface area contributed by atoms with Crippen molar-refractivity contribution < 1.29 is 0 Å². The van der Waals surface area contributed by atoms with Crippen molar-refractivity contribution in [2.24, 2.45) is 0 Å². The Labute approximate surface area is 126 Å². The van der Waals surface area contributed by atoms with E-state index >= 15 is 0 Å². The Hall–Kier alpha value is -2.21. The maximum absolute atomic E-state index is 11.9. The molecule has 6 nitrogen and oxygen atoms in total. The number of nitrogens with two attached hydrogens (primary N) is 1. The zero-order valence-electron chi connectivity index (χ0n) is 11.6. The Balaban J connectivity index is 2.27. The van der Waals surface area contributed by atoms with E-state index in [1.165, 1.54) is 4.57 Å².